The van der Waals surface area contributed by atoms with Gasteiger partial charge < -0.3 is 19.3 Å². The number of ether oxygens (including phenoxy) is 2. The van der Waals surface area contributed by atoms with Crippen molar-refractivity contribution in [1.82, 2.24) is 9.80 Å². The zero-order valence-electron chi connectivity index (χ0n) is 14.7. The largest absolute Gasteiger partial charge is 0.455 e. The molecule has 1 saturated heterocycles. The molecule has 0 aromatic heterocycles. The molecule has 2 aliphatic heterocycles. The Morgan fingerprint density at radius 1 is 1.19 bits per heavy atom. The van der Waals surface area contributed by atoms with Crippen molar-refractivity contribution in [2.24, 2.45) is 0 Å². The lowest BCUT2D eigenvalue weighted by atomic mass is 9.94. The van der Waals surface area contributed by atoms with Crippen molar-refractivity contribution in [3.63, 3.8) is 0 Å². The standard InChI is InChI=1S/C19H22N2O5/c1-14(22)21-7-6-15-4-2-3-5-16(15)17(21)12-19(24)26-13-18(23)20-8-10-25-11-9-20/h2-7,17H,8-13H2,1H3/t17-/m0/s1. The molecule has 26 heavy (non-hydrogen) atoms. The Balaban J connectivity index is 1.62. The monoisotopic (exact) mass is 358 g/mol. The van der Waals surface area contributed by atoms with Gasteiger partial charge in [-0.1, -0.05) is 24.3 Å². The van der Waals surface area contributed by atoms with E-state index in [0.29, 0.717) is 26.3 Å². The summed E-state index contributed by atoms with van der Waals surface area (Å²) in [5.74, 6) is -0.889. The second kappa shape index (κ2) is 8.14. The van der Waals surface area contributed by atoms with Gasteiger partial charge in [0.25, 0.3) is 5.91 Å². The fourth-order valence-corrected chi connectivity index (χ4v) is 3.18. The highest BCUT2D eigenvalue weighted by Gasteiger charge is 2.29. The number of rotatable bonds is 4. The SMILES string of the molecule is CC(=O)N1C=Cc2ccccc2[C@@H]1CC(=O)OCC(=O)N1CCOCC1. The van der Waals surface area contributed by atoms with E-state index in [2.05, 4.69) is 0 Å². The topological polar surface area (TPSA) is 76.2 Å². The third-order valence-electron chi connectivity index (χ3n) is 4.55. The van der Waals surface area contributed by atoms with Gasteiger partial charge in [0.1, 0.15) is 0 Å². The van der Waals surface area contributed by atoms with E-state index >= 15 is 0 Å². The quantitative estimate of drug-likeness (QED) is 0.760. The molecule has 7 nitrogen and oxygen atoms in total. The van der Waals surface area contributed by atoms with Crippen LogP contribution in [0.2, 0.25) is 0 Å². The molecule has 0 unspecified atom stereocenters. The van der Waals surface area contributed by atoms with E-state index in [9.17, 15) is 14.4 Å². The molecule has 7 heteroatoms. The molecule has 2 aliphatic rings. The Morgan fingerprint density at radius 2 is 1.92 bits per heavy atom. The summed E-state index contributed by atoms with van der Waals surface area (Å²) >= 11 is 0. The van der Waals surface area contributed by atoms with Crippen molar-refractivity contribution in [2.75, 3.05) is 32.9 Å². The Hall–Kier alpha value is -2.67. The average molecular weight is 358 g/mol. The number of nitrogens with zero attached hydrogens (tertiary/aromatic N) is 2. The van der Waals surface area contributed by atoms with Crippen molar-refractivity contribution >= 4 is 23.9 Å². The minimum absolute atomic E-state index is 0.00265. The predicted octanol–water partition coefficient (Wildman–Crippen LogP) is 1.35. The van der Waals surface area contributed by atoms with E-state index in [1.165, 1.54) is 11.8 Å². The lowest BCUT2D eigenvalue weighted by Crippen LogP contribution is -2.42. The zero-order valence-corrected chi connectivity index (χ0v) is 14.7. The number of hydrogen-bond acceptors (Lipinski definition) is 5. The van der Waals surface area contributed by atoms with Crippen LogP contribution in [0.5, 0.6) is 0 Å². The zero-order chi connectivity index (χ0) is 18.5. The summed E-state index contributed by atoms with van der Waals surface area (Å²) in [6.07, 6.45) is 3.53. The van der Waals surface area contributed by atoms with Crippen molar-refractivity contribution < 1.29 is 23.9 Å². The van der Waals surface area contributed by atoms with Crippen LogP contribution in [-0.4, -0.2) is 60.5 Å². The fraction of sp³-hybridized carbons (Fsp3) is 0.421. The Kier molecular flexibility index (Phi) is 5.68. The molecule has 0 radical (unpaired) electrons. The highest BCUT2D eigenvalue weighted by atomic mass is 16.5. The average Bonchev–Trinajstić information content (AvgIpc) is 2.66. The van der Waals surface area contributed by atoms with Crippen molar-refractivity contribution in [2.45, 2.75) is 19.4 Å². The highest BCUT2D eigenvalue weighted by molar-refractivity contribution is 5.82. The molecule has 2 amide bonds. The Bertz CT molecular complexity index is 724. The second-order valence-corrected chi connectivity index (χ2v) is 6.24. The minimum atomic E-state index is -0.507. The summed E-state index contributed by atoms with van der Waals surface area (Å²) in [6.45, 7) is 3.18. The molecule has 0 spiro atoms. The minimum Gasteiger partial charge on any atom is -0.455 e. The molecule has 1 aromatic rings. The first-order valence-corrected chi connectivity index (χ1v) is 8.63. The van der Waals surface area contributed by atoms with Crippen LogP contribution in [0, 0.1) is 0 Å². The molecule has 2 heterocycles. The van der Waals surface area contributed by atoms with Crippen LogP contribution in [0.4, 0.5) is 0 Å². The number of carbonyl (C=O) groups excluding carboxylic acids is 3. The molecular formula is C19H22N2O5. The van der Waals surface area contributed by atoms with Crippen molar-refractivity contribution in [1.29, 1.82) is 0 Å². The van der Waals surface area contributed by atoms with Gasteiger partial charge in [0.15, 0.2) is 6.61 Å². The summed E-state index contributed by atoms with van der Waals surface area (Å²) in [5.41, 5.74) is 1.86. The highest BCUT2D eigenvalue weighted by Crippen LogP contribution is 2.33. The molecule has 0 N–H and O–H groups in total. The van der Waals surface area contributed by atoms with Gasteiger partial charge in [0.2, 0.25) is 5.91 Å². The number of carbonyl (C=O) groups is 3. The number of benzene rings is 1. The van der Waals surface area contributed by atoms with Gasteiger partial charge >= 0.3 is 5.97 Å². The predicted molar refractivity (Wildman–Crippen MR) is 93.7 cm³/mol. The fourth-order valence-electron chi connectivity index (χ4n) is 3.18. The van der Waals surface area contributed by atoms with Crippen LogP contribution in [0.1, 0.15) is 30.5 Å². The summed E-state index contributed by atoms with van der Waals surface area (Å²) < 4.78 is 10.4. The third-order valence-corrected chi connectivity index (χ3v) is 4.55. The van der Waals surface area contributed by atoms with E-state index < -0.39 is 12.0 Å². The number of fused-ring (bicyclic) bond motifs is 1. The summed E-state index contributed by atoms with van der Waals surface area (Å²) in [4.78, 5) is 39.4. The first-order chi connectivity index (χ1) is 12.6. The molecular weight excluding hydrogens is 336 g/mol. The van der Waals surface area contributed by atoms with E-state index in [0.717, 1.165) is 11.1 Å². The lowest BCUT2D eigenvalue weighted by molar-refractivity contribution is -0.154. The first kappa shape index (κ1) is 18.1. The van der Waals surface area contributed by atoms with Crippen LogP contribution < -0.4 is 0 Å². The van der Waals surface area contributed by atoms with Crippen LogP contribution in [0.3, 0.4) is 0 Å². The molecule has 1 atom stereocenters. The molecule has 0 aliphatic carbocycles. The maximum absolute atomic E-state index is 12.3. The Morgan fingerprint density at radius 3 is 2.65 bits per heavy atom. The summed E-state index contributed by atoms with van der Waals surface area (Å²) in [7, 11) is 0. The van der Waals surface area contributed by atoms with Gasteiger partial charge in [-0.25, -0.2) is 0 Å². The van der Waals surface area contributed by atoms with Gasteiger partial charge in [-0.2, -0.15) is 0 Å². The van der Waals surface area contributed by atoms with Crippen molar-refractivity contribution in [3.05, 3.63) is 41.6 Å². The van der Waals surface area contributed by atoms with E-state index in [-0.39, 0.29) is 24.8 Å². The number of morpholine rings is 1. The number of esters is 1. The van der Waals surface area contributed by atoms with Gasteiger partial charge in [0.05, 0.1) is 25.7 Å². The van der Waals surface area contributed by atoms with Gasteiger partial charge in [-0.15, -0.1) is 0 Å². The molecule has 138 valence electrons. The van der Waals surface area contributed by atoms with Gasteiger partial charge in [0, 0.05) is 26.2 Å². The Labute approximate surface area is 152 Å². The van der Waals surface area contributed by atoms with Crippen LogP contribution >= 0.6 is 0 Å². The van der Waals surface area contributed by atoms with Gasteiger partial charge in [-0.3, -0.25) is 14.4 Å². The molecule has 3 rings (SSSR count). The maximum Gasteiger partial charge on any atom is 0.308 e. The summed E-state index contributed by atoms with van der Waals surface area (Å²) in [5, 5.41) is 0. The molecule has 0 bridgehead atoms. The lowest BCUT2D eigenvalue weighted by Gasteiger charge is -2.32. The summed E-state index contributed by atoms with van der Waals surface area (Å²) in [6, 6.07) is 7.18. The normalized spacial score (nSPS) is 19.0. The van der Waals surface area contributed by atoms with Crippen LogP contribution in [-0.2, 0) is 23.9 Å². The van der Waals surface area contributed by atoms with E-state index in [4.69, 9.17) is 9.47 Å². The number of hydrogen-bond donors (Lipinski definition) is 0. The molecule has 0 saturated carbocycles. The smallest absolute Gasteiger partial charge is 0.308 e. The molecule has 1 fully saturated rings. The molecule has 1 aromatic carbocycles. The van der Waals surface area contributed by atoms with E-state index in [1.807, 2.05) is 30.3 Å². The maximum atomic E-state index is 12.3. The van der Waals surface area contributed by atoms with Gasteiger partial charge in [-0.05, 0) is 17.2 Å². The van der Waals surface area contributed by atoms with Crippen LogP contribution in [0.15, 0.2) is 30.5 Å². The third kappa shape index (κ3) is 4.11. The number of amides is 2. The van der Waals surface area contributed by atoms with Crippen LogP contribution in [0.25, 0.3) is 6.08 Å². The first-order valence-electron chi connectivity index (χ1n) is 8.63. The van der Waals surface area contributed by atoms with E-state index in [1.54, 1.807) is 11.1 Å². The second-order valence-electron chi connectivity index (χ2n) is 6.24. The van der Waals surface area contributed by atoms with Crippen molar-refractivity contribution in [3.8, 4) is 0 Å².